The van der Waals surface area contributed by atoms with Gasteiger partial charge in [-0.3, -0.25) is 0 Å². The number of aryl methyl sites for hydroxylation is 1. The van der Waals surface area contributed by atoms with Crippen molar-refractivity contribution in [3.05, 3.63) is 35.7 Å². The first kappa shape index (κ1) is 13.4. The van der Waals surface area contributed by atoms with Crippen LogP contribution in [0, 0.1) is 6.92 Å². The van der Waals surface area contributed by atoms with Crippen molar-refractivity contribution in [2.45, 2.75) is 6.92 Å². The topological polar surface area (TPSA) is 58.0 Å². The molecule has 0 unspecified atom stereocenters. The Hall–Kier alpha value is -2.28. The van der Waals surface area contributed by atoms with Crippen LogP contribution in [0.4, 0.5) is 11.8 Å². The predicted molar refractivity (Wildman–Crippen MR) is 88.6 cm³/mol. The zero-order valence-corrected chi connectivity index (χ0v) is 13.1. The van der Waals surface area contributed by atoms with Crippen LogP contribution in [0.15, 0.2) is 30.2 Å². The maximum atomic E-state index is 4.52. The standard InChI is InChI=1S/C15H16N6S/c1-11-9-22-13-12(11)18-10-19-14(13)20-5-7-21(8-6-20)15-16-3-2-4-17-15/h2-4,9-10H,5-8H2,1H3. The Balaban J connectivity index is 1.56. The summed E-state index contributed by atoms with van der Waals surface area (Å²) in [6.45, 7) is 5.74. The van der Waals surface area contributed by atoms with Gasteiger partial charge in [0.25, 0.3) is 0 Å². The average Bonchev–Trinajstić information content (AvgIpc) is 2.97. The van der Waals surface area contributed by atoms with Gasteiger partial charge in [-0.25, -0.2) is 19.9 Å². The minimum Gasteiger partial charge on any atom is -0.352 e. The number of piperazine rings is 1. The van der Waals surface area contributed by atoms with Crippen LogP contribution in [0.1, 0.15) is 5.56 Å². The molecule has 0 amide bonds. The Morgan fingerprint density at radius 1 is 0.955 bits per heavy atom. The summed E-state index contributed by atoms with van der Waals surface area (Å²) in [7, 11) is 0. The van der Waals surface area contributed by atoms with Gasteiger partial charge in [0.05, 0.1) is 10.2 Å². The molecule has 3 aromatic heterocycles. The Kier molecular flexibility index (Phi) is 3.34. The summed E-state index contributed by atoms with van der Waals surface area (Å²) >= 11 is 1.73. The van der Waals surface area contributed by atoms with E-state index in [1.54, 1.807) is 30.1 Å². The highest BCUT2D eigenvalue weighted by molar-refractivity contribution is 7.18. The average molecular weight is 312 g/mol. The van der Waals surface area contributed by atoms with Crippen LogP contribution in [-0.4, -0.2) is 46.1 Å². The summed E-state index contributed by atoms with van der Waals surface area (Å²) in [4.78, 5) is 22.1. The summed E-state index contributed by atoms with van der Waals surface area (Å²) < 4.78 is 1.18. The molecule has 7 heteroatoms. The van der Waals surface area contributed by atoms with Crippen LogP contribution < -0.4 is 9.80 Å². The van der Waals surface area contributed by atoms with E-state index >= 15 is 0 Å². The quantitative estimate of drug-likeness (QED) is 0.722. The van der Waals surface area contributed by atoms with E-state index in [4.69, 9.17) is 0 Å². The molecule has 1 fully saturated rings. The summed E-state index contributed by atoms with van der Waals surface area (Å²) in [5, 5.41) is 2.15. The normalized spacial score (nSPS) is 15.5. The molecule has 1 aliphatic rings. The van der Waals surface area contributed by atoms with Crippen LogP contribution >= 0.6 is 11.3 Å². The Morgan fingerprint density at radius 3 is 2.45 bits per heavy atom. The first-order valence-electron chi connectivity index (χ1n) is 7.28. The lowest BCUT2D eigenvalue weighted by atomic mass is 10.3. The van der Waals surface area contributed by atoms with Crippen molar-refractivity contribution in [2.24, 2.45) is 0 Å². The van der Waals surface area contributed by atoms with E-state index in [-0.39, 0.29) is 0 Å². The molecule has 112 valence electrons. The van der Waals surface area contributed by atoms with Crippen LogP contribution in [0.3, 0.4) is 0 Å². The van der Waals surface area contributed by atoms with E-state index in [0.717, 1.165) is 43.5 Å². The lowest BCUT2D eigenvalue weighted by Crippen LogP contribution is -2.47. The van der Waals surface area contributed by atoms with Gasteiger partial charge in [-0.1, -0.05) is 0 Å². The first-order valence-corrected chi connectivity index (χ1v) is 8.16. The minimum absolute atomic E-state index is 0.807. The molecule has 1 saturated heterocycles. The van der Waals surface area contributed by atoms with Gasteiger partial charge >= 0.3 is 0 Å². The number of hydrogen-bond donors (Lipinski definition) is 0. The number of fused-ring (bicyclic) bond motifs is 1. The third-order valence-electron chi connectivity index (χ3n) is 3.93. The fourth-order valence-corrected chi connectivity index (χ4v) is 3.77. The van der Waals surface area contributed by atoms with Gasteiger partial charge in [-0.05, 0) is 23.9 Å². The second kappa shape index (κ2) is 5.49. The van der Waals surface area contributed by atoms with Crippen LogP contribution in [0.2, 0.25) is 0 Å². The lowest BCUT2D eigenvalue weighted by molar-refractivity contribution is 0.636. The molecule has 0 saturated carbocycles. The number of hydrogen-bond acceptors (Lipinski definition) is 7. The summed E-state index contributed by atoms with van der Waals surface area (Å²) in [6.07, 6.45) is 5.25. The monoisotopic (exact) mass is 312 g/mol. The second-order valence-electron chi connectivity index (χ2n) is 5.32. The zero-order chi connectivity index (χ0) is 14.9. The molecule has 0 N–H and O–H groups in total. The predicted octanol–water partition coefficient (Wildman–Crippen LogP) is 2.12. The van der Waals surface area contributed by atoms with Crippen molar-refractivity contribution >= 4 is 33.3 Å². The van der Waals surface area contributed by atoms with Gasteiger partial charge in [0.15, 0.2) is 0 Å². The largest absolute Gasteiger partial charge is 0.352 e. The van der Waals surface area contributed by atoms with E-state index in [0.29, 0.717) is 0 Å². The molecule has 4 heterocycles. The molecule has 0 radical (unpaired) electrons. The highest BCUT2D eigenvalue weighted by atomic mass is 32.1. The van der Waals surface area contributed by atoms with Crippen molar-refractivity contribution in [3.63, 3.8) is 0 Å². The maximum absolute atomic E-state index is 4.52. The van der Waals surface area contributed by atoms with Crippen molar-refractivity contribution in [3.8, 4) is 0 Å². The molecule has 3 aromatic rings. The molecule has 0 atom stereocenters. The molecule has 0 bridgehead atoms. The lowest BCUT2D eigenvalue weighted by Gasteiger charge is -2.35. The second-order valence-corrected chi connectivity index (χ2v) is 6.20. The van der Waals surface area contributed by atoms with Crippen LogP contribution in [0.25, 0.3) is 10.2 Å². The van der Waals surface area contributed by atoms with Gasteiger partial charge in [0.2, 0.25) is 5.95 Å². The van der Waals surface area contributed by atoms with Crippen molar-refractivity contribution < 1.29 is 0 Å². The third kappa shape index (κ3) is 2.27. The summed E-state index contributed by atoms with van der Waals surface area (Å²) in [6, 6.07) is 1.84. The highest BCUT2D eigenvalue weighted by Crippen LogP contribution is 2.31. The number of aromatic nitrogens is 4. The zero-order valence-electron chi connectivity index (χ0n) is 12.3. The van der Waals surface area contributed by atoms with Crippen LogP contribution in [-0.2, 0) is 0 Å². The number of thiophene rings is 1. The van der Waals surface area contributed by atoms with E-state index in [2.05, 4.69) is 42.0 Å². The van der Waals surface area contributed by atoms with E-state index in [1.807, 2.05) is 6.07 Å². The molecule has 22 heavy (non-hydrogen) atoms. The molecular weight excluding hydrogens is 296 g/mol. The summed E-state index contributed by atoms with van der Waals surface area (Å²) in [5.41, 5.74) is 2.30. The van der Waals surface area contributed by atoms with Crippen molar-refractivity contribution in [1.29, 1.82) is 0 Å². The van der Waals surface area contributed by atoms with Gasteiger partial charge in [0, 0.05) is 38.6 Å². The minimum atomic E-state index is 0.807. The molecular formula is C15H16N6S. The smallest absolute Gasteiger partial charge is 0.225 e. The molecule has 4 rings (SSSR count). The van der Waals surface area contributed by atoms with Crippen molar-refractivity contribution in [1.82, 2.24) is 19.9 Å². The molecule has 1 aliphatic heterocycles. The third-order valence-corrected chi connectivity index (χ3v) is 5.01. The van der Waals surface area contributed by atoms with Gasteiger partial charge in [0.1, 0.15) is 12.1 Å². The van der Waals surface area contributed by atoms with E-state index < -0.39 is 0 Å². The Morgan fingerprint density at radius 2 is 1.68 bits per heavy atom. The number of anilines is 2. The van der Waals surface area contributed by atoms with Gasteiger partial charge < -0.3 is 9.80 Å². The highest BCUT2D eigenvalue weighted by Gasteiger charge is 2.22. The van der Waals surface area contributed by atoms with Gasteiger partial charge in [-0.2, -0.15) is 0 Å². The van der Waals surface area contributed by atoms with Crippen LogP contribution in [0.5, 0.6) is 0 Å². The fraction of sp³-hybridized carbons (Fsp3) is 0.333. The first-order chi connectivity index (χ1) is 10.8. The number of nitrogens with zero attached hydrogens (tertiary/aromatic N) is 6. The Labute approximate surface area is 132 Å². The van der Waals surface area contributed by atoms with E-state index in [1.165, 1.54) is 10.3 Å². The maximum Gasteiger partial charge on any atom is 0.225 e. The molecule has 0 aliphatic carbocycles. The summed E-state index contributed by atoms with van der Waals surface area (Å²) in [5.74, 6) is 1.86. The van der Waals surface area contributed by atoms with Crippen molar-refractivity contribution in [2.75, 3.05) is 36.0 Å². The number of rotatable bonds is 2. The fourth-order valence-electron chi connectivity index (χ4n) is 2.76. The molecule has 0 aromatic carbocycles. The SMILES string of the molecule is Cc1csc2c(N3CCN(c4ncccn4)CC3)ncnc12. The van der Waals surface area contributed by atoms with E-state index in [9.17, 15) is 0 Å². The Bertz CT molecular complexity index is 779. The molecule has 0 spiro atoms. The molecule has 6 nitrogen and oxygen atoms in total. The van der Waals surface area contributed by atoms with Gasteiger partial charge in [-0.15, -0.1) is 11.3 Å².